The lowest BCUT2D eigenvalue weighted by Crippen LogP contribution is -2.07. The number of hydrogen-bond acceptors (Lipinski definition) is 5. The molecule has 0 aromatic carbocycles. The zero-order valence-electron chi connectivity index (χ0n) is 9.78. The average Bonchev–Trinajstić information content (AvgIpc) is 3.03. The van der Waals surface area contributed by atoms with Gasteiger partial charge in [0.25, 0.3) is 0 Å². The number of nitrogens with zero attached hydrogens (tertiary/aromatic N) is 3. The van der Waals surface area contributed by atoms with E-state index in [4.69, 9.17) is 4.52 Å². The van der Waals surface area contributed by atoms with E-state index in [-0.39, 0.29) is 5.69 Å². The van der Waals surface area contributed by atoms with Crippen LogP contribution in [0.25, 0.3) is 5.65 Å². The van der Waals surface area contributed by atoms with Crippen molar-refractivity contribution in [2.75, 3.05) is 5.32 Å². The van der Waals surface area contributed by atoms with E-state index in [0.29, 0.717) is 23.8 Å². The number of aromatic carboxylic acids is 1. The van der Waals surface area contributed by atoms with Crippen LogP contribution in [-0.2, 0) is 6.54 Å². The number of carboxylic acids is 1. The first-order chi connectivity index (χ1) is 9.25. The number of imidazole rings is 1. The molecule has 19 heavy (non-hydrogen) atoms. The van der Waals surface area contributed by atoms with Gasteiger partial charge in [-0.25, -0.2) is 9.78 Å². The Morgan fingerprint density at radius 1 is 1.42 bits per heavy atom. The summed E-state index contributed by atoms with van der Waals surface area (Å²) in [6.07, 6.45) is 3.18. The molecule has 3 aromatic rings. The van der Waals surface area contributed by atoms with Gasteiger partial charge in [0.2, 0.25) is 0 Å². The average molecular weight is 258 g/mol. The summed E-state index contributed by atoms with van der Waals surface area (Å²) in [6, 6.07) is 6.99. The van der Waals surface area contributed by atoms with Crippen LogP contribution in [0.1, 0.15) is 16.2 Å². The molecule has 96 valence electrons. The summed E-state index contributed by atoms with van der Waals surface area (Å²) >= 11 is 0. The summed E-state index contributed by atoms with van der Waals surface area (Å²) < 4.78 is 6.45. The van der Waals surface area contributed by atoms with Gasteiger partial charge in [-0.3, -0.25) is 4.40 Å². The van der Waals surface area contributed by atoms with Gasteiger partial charge in [-0.1, -0.05) is 11.2 Å². The number of aromatic nitrogens is 3. The van der Waals surface area contributed by atoms with E-state index in [9.17, 15) is 9.90 Å². The normalized spacial score (nSPS) is 10.7. The first-order valence-electron chi connectivity index (χ1n) is 5.59. The van der Waals surface area contributed by atoms with E-state index >= 15 is 0 Å². The summed E-state index contributed by atoms with van der Waals surface area (Å²) in [6.45, 7) is 0.324. The number of anilines is 1. The van der Waals surface area contributed by atoms with Gasteiger partial charge in [0.1, 0.15) is 5.65 Å². The van der Waals surface area contributed by atoms with Crippen molar-refractivity contribution in [3.8, 4) is 0 Å². The molecular weight excluding hydrogens is 248 g/mol. The summed E-state index contributed by atoms with van der Waals surface area (Å²) in [4.78, 5) is 15.6. The number of carboxylic acid groups (broad SMARTS) is 1. The molecule has 0 unspecified atom stereocenters. The minimum absolute atomic E-state index is 0.0927. The first-order valence-corrected chi connectivity index (χ1v) is 5.59. The maximum Gasteiger partial charge on any atom is 0.356 e. The highest BCUT2D eigenvalue weighted by atomic mass is 16.5. The number of nitrogens with one attached hydrogen (secondary N) is 1. The fourth-order valence-corrected chi connectivity index (χ4v) is 1.83. The molecule has 0 aliphatic carbocycles. The van der Waals surface area contributed by atoms with Crippen molar-refractivity contribution in [3.05, 3.63) is 48.1 Å². The Hall–Kier alpha value is -2.83. The molecule has 0 saturated carbocycles. The fraction of sp³-hybridized carbons (Fsp3) is 0.0833. The zero-order valence-corrected chi connectivity index (χ0v) is 9.78. The Morgan fingerprint density at radius 3 is 3.05 bits per heavy atom. The summed E-state index contributed by atoms with van der Waals surface area (Å²) in [7, 11) is 0. The topological polar surface area (TPSA) is 92.7 Å². The molecule has 0 radical (unpaired) electrons. The van der Waals surface area contributed by atoms with Gasteiger partial charge < -0.3 is 14.9 Å². The predicted molar refractivity (Wildman–Crippen MR) is 66.0 cm³/mol. The molecular formula is C12H10N4O3. The van der Waals surface area contributed by atoms with E-state index in [1.807, 2.05) is 0 Å². The van der Waals surface area contributed by atoms with E-state index in [1.54, 1.807) is 30.5 Å². The molecule has 2 N–H and O–H groups in total. The van der Waals surface area contributed by atoms with Gasteiger partial charge in [0.05, 0.1) is 12.7 Å². The highest BCUT2D eigenvalue weighted by molar-refractivity contribution is 5.92. The predicted octanol–water partition coefficient (Wildman–Crippen LogP) is 1.63. The highest BCUT2D eigenvalue weighted by Gasteiger charge is 2.18. The minimum atomic E-state index is -1.04. The number of carbonyl (C=O) groups is 1. The van der Waals surface area contributed by atoms with E-state index in [2.05, 4.69) is 15.5 Å². The Labute approximate surface area is 107 Å². The van der Waals surface area contributed by atoms with Crippen molar-refractivity contribution in [1.29, 1.82) is 0 Å². The number of fused-ring (bicyclic) bond motifs is 1. The quantitative estimate of drug-likeness (QED) is 0.738. The molecule has 7 nitrogen and oxygen atoms in total. The van der Waals surface area contributed by atoms with Gasteiger partial charge in [0.15, 0.2) is 17.3 Å². The number of rotatable bonds is 4. The molecule has 0 aliphatic heterocycles. The van der Waals surface area contributed by atoms with Gasteiger partial charge >= 0.3 is 5.97 Å². The summed E-state index contributed by atoms with van der Waals surface area (Å²) in [5.74, 6) is -0.137. The van der Waals surface area contributed by atoms with E-state index in [0.717, 1.165) is 0 Å². The monoisotopic (exact) mass is 258 g/mol. The van der Waals surface area contributed by atoms with Crippen LogP contribution < -0.4 is 5.32 Å². The Balaban J connectivity index is 1.98. The lowest BCUT2D eigenvalue weighted by atomic mass is 10.4. The summed E-state index contributed by atoms with van der Waals surface area (Å²) in [5, 5.41) is 15.8. The third-order valence-corrected chi connectivity index (χ3v) is 2.65. The largest absolute Gasteiger partial charge is 0.476 e. The molecule has 0 amide bonds. The standard InChI is InChI=1S/C12H10N4O3/c17-12(18)10-11(13-7-8-4-5-14-19-8)15-9-3-1-2-6-16(9)10/h1-6,13H,7H2,(H,17,18). The molecule has 3 heterocycles. The second-order valence-electron chi connectivity index (χ2n) is 3.88. The number of hydrogen-bond donors (Lipinski definition) is 2. The van der Waals surface area contributed by atoms with Gasteiger partial charge in [-0.2, -0.15) is 0 Å². The lowest BCUT2D eigenvalue weighted by Gasteiger charge is -2.01. The molecule has 0 bridgehead atoms. The molecule has 0 aliphatic rings. The van der Waals surface area contributed by atoms with Crippen LogP contribution in [0.4, 0.5) is 5.82 Å². The molecule has 0 fully saturated rings. The molecule has 0 saturated heterocycles. The van der Waals surface area contributed by atoms with Crippen molar-refractivity contribution in [3.63, 3.8) is 0 Å². The molecule has 3 aromatic heterocycles. The number of pyridine rings is 1. The van der Waals surface area contributed by atoms with Crippen LogP contribution in [0.5, 0.6) is 0 Å². The Kier molecular flexibility index (Phi) is 2.64. The van der Waals surface area contributed by atoms with Crippen LogP contribution >= 0.6 is 0 Å². The molecule has 7 heteroatoms. The van der Waals surface area contributed by atoms with Crippen molar-refractivity contribution in [1.82, 2.24) is 14.5 Å². The third-order valence-electron chi connectivity index (χ3n) is 2.65. The smallest absolute Gasteiger partial charge is 0.356 e. The van der Waals surface area contributed by atoms with Crippen molar-refractivity contribution < 1.29 is 14.4 Å². The van der Waals surface area contributed by atoms with E-state index < -0.39 is 5.97 Å². The first kappa shape index (κ1) is 11.3. The Bertz CT molecular complexity index is 718. The van der Waals surface area contributed by atoms with Gasteiger partial charge in [-0.05, 0) is 12.1 Å². The maximum atomic E-state index is 11.3. The van der Waals surface area contributed by atoms with Crippen LogP contribution in [0.2, 0.25) is 0 Å². The fourth-order valence-electron chi connectivity index (χ4n) is 1.83. The van der Waals surface area contributed by atoms with E-state index in [1.165, 1.54) is 10.6 Å². The summed E-state index contributed by atoms with van der Waals surface area (Å²) in [5.41, 5.74) is 0.662. The van der Waals surface area contributed by atoms with Crippen LogP contribution in [0, 0.1) is 0 Å². The van der Waals surface area contributed by atoms with Gasteiger partial charge in [-0.15, -0.1) is 0 Å². The van der Waals surface area contributed by atoms with Crippen molar-refractivity contribution >= 4 is 17.4 Å². The van der Waals surface area contributed by atoms with Crippen molar-refractivity contribution in [2.24, 2.45) is 0 Å². The zero-order chi connectivity index (χ0) is 13.2. The molecule has 0 spiro atoms. The highest BCUT2D eigenvalue weighted by Crippen LogP contribution is 2.18. The van der Waals surface area contributed by atoms with Crippen LogP contribution in [-0.4, -0.2) is 25.6 Å². The second kappa shape index (κ2) is 4.45. The maximum absolute atomic E-state index is 11.3. The van der Waals surface area contributed by atoms with Crippen LogP contribution in [0.15, 0.2) is 41.2 Å². The van der Waals surface area contributed by atoms with Crippen LogP contribution in [0.3, 0.4) is 0 Å². The minimum Gasteiger partial charge on any atom is -0.476 e. The molecule has 0 atom stereocenters. The van der Waals surface area contributed by atoms with Gasteiger partial charge in [0, 0.05) is 12.3 Å². The second-order valence-corrected chi connectivity index (χ2v) is 3.88. The Morgan fingerprint density at radius 2 is 2.32 bits per heavy atom. The molecule has 3 rings (SSSR count). The lowest BCUT2D eigenvalue weighted by molar-refractivity contribution is 0.0690. The SMILES string of the molecule is O=C(O)c1c(NCc2ccno2)nc2ccccn12. The van der Waals surface area contributed by atoms with Crippen molar-refractivity contribution in [2.45, 2.75) is 6.54 Å². The third kappa shape index (κ3) is 2.01.